The van der Waals surface area contributed by atoms with Gasteiger partial charge in [-0.15, -0.1) is 0 Å². The Labute approximate surface area is 199 Å². The van der Waals surface area contributed by atoms with E-state index in [-0.39, 0.29) is 9.75 Å². The first kappa shape index (κ1) is 30.9. The molecule has 0 amide bonds. The zero-order chi connectivity index (χ0) is 22.2. The standard InChI is InChI=1S/C16H38O6S5Si2/c1-9-17-28(18-10-2,19-11-3)15(7)23-25-27-26-24-16(8)29(20-12-4,21-13-5)22-14-6/h15-16H,9-14H2,1-8H3. The van der Waals surface area contributed by atoms with E-state index in [2.05, 4.69) is 13.8 Å². The number of hydrogen-bond donors (Lipinski definition) is 0. The second-order valence-corrected chi connectivity index (χ2v) is 20.5. The molecule has 0 bridgehead atoms. The first-order valence-corrected chi connectivity index (χ1v) is 19.9. The quantitative estimate of drug-likeness (QED) is 0.0994. The second-order valence-electron chi connectivity index (χ2n) is 5.49. The summed E-state index contributed by atoms with van der Waals surface area (Å²) in [5.41, 5.74) is 0. The predicted octanol–water partition coefficient (Wildman–Crippen LogP) is 6.26. The molecule has 0 aromatic rings. The van der Waals surface area contributed by atoms with Crippen molar-refractivity contribution in [1.29, 1.82) is 0 Å². The number of rotatable bonds is 20. The summed E-state index contributed by atoms with van der Waals surface area (Å²) in [5.74, 6) is 0. The van der Waals surface area contributed by atoms with E-state index in [9.17, 15) is 0 Å². The van der Waals surface area contributed by atoms with Crippen LogP contribution in [0.3, 0.4) is 0 Å². The second kappa shape index (κ2) is 18.4. The Morgan fingerprint density at radius 2 is 0.724 bits per heavy atom. The molecule has 6 nitrogen and oxygen atoms in total. The van der Waals surface area contributed by atoms with Crippen molar-refractivity contribution >= 4 is 68.7 Å². The molecule has 0 aliphatic heterocycles. The van der Waals surface area contributed by atoms with Gasteiger partial charge in [0.15, 0.2) is 0 Å². The highest BCUT2D eigenvalue weighted by Crippen LogP contribution is 2.53. The zero-order valence-electron chi connectivity index (χ0n) is 18.9. The average Bonchev–Trinajstić information content (AvgIpc) is 2.68. The van der Waals surface area contributed by atoms with Crippen LogP contribution in [0.4, 0.5) is 0 Å². The first-order chi connectivity index (χ1) is 13.9. The van der Waals surface area contributed by atoms with E-state index < -0.39 is 17.6 Å². The van der Waals surface area contributed by atoms with Gasteiger partial charge < -0.3 is 26.6 Å². The van der Waals surface area contributed by atoms with Gasteiger partial charge in [0.05, 0.1) is 9.75 Å². The lowest BCUT2D eigenvalue weighted by atomic mass is 10.9. The van der Waals surface area contributed by atoms with E-state index in [1.54, 1.807) is 51.1 Å². The van der Waals surface area contributed by atoms with E-state index in [0.717, 1.165) is 0 Å². The Balaban J connectivity index is 4.62. The summed E-state index contributed by atoms with van der Waals surface area (Å²) >= 11 is 0. The Morgan fingerprint density at radius 3 is 0.931 bits per heavy atom. The van der Waals surface area contributed by atoms with Crippen LogP contribution in [-0.2, 0) is 26.6 Å². The molecule has 0 rings (SSSR count). The van der Waals surface area contributed by atoms with Crippen LogP contribution in [0.5, 0.6) is 0 Å². The van der Waals surface area contributed by atoms with Crippen molar-refractivity contribution in [3.8, 4) is 0 Å². The third kappa shape index (κ3) is 11.1. The van der Waals surface area contributed by atoms with Gasteiger partial charge in [-0.05, 0) is 84.9 Å². The highest BCUT2D eigenvalue weighted by atomic mass is 33.8. The van der Waals surface area contributed by atoms with Gasteiger partial charge in [-0.2, -0.15) is 0 Å². The molecule has 0 aromatic carbocycles. The molecule has 0 N–H and O–H groups in total. The Kier molecular flexibility index (Phi) is 19.6. The first-order valence-electron chi connectivity index (χ1n) is 10.1. The smallest absolute Gasteiger partial charge is 0.373 e. The van der Waals surface area contributed by atoms with Gasteiger partial charge in [0.1, 0.15) is 0 Å². The van der Waals surface area contributed by atoms with E-state index >= 15 is 0 Å². The molecule has 176 valence electrons. The third-order valence-electron chi connectivity index (χ3n) is 3.49. The van der Waals surface area contributed by atoms with Crippen LogP contribution in [0, 0.1) is 0 Å². The van der Waals surface area contributed by atoms with Crippen molar-refractivity contribution in [2.75, 3.05) is 39.6 Å². The highest BCUT2D eigenvalue weighted by molar-refractivity contribution is 9.35. The van der Waals surface area contributed by atoms with Crippen molar-refractivity contribution < 1.29 is 26.6 Å². The molecule has 0 radical (unpaired) electrons. The molecule has 0 aliphatic rings. The monoisotopic (exact) mass is 542 g/mol. The van der Waals surface area contributed by atoms with Crippen LogP contribution in [0.2, 0.25) is 0 Å². The molecule has 0 saturated carbocycles. The van der Waals surface area contributed by atoms with Crippen LogP contribution in [0.15, 0.2) is 0 Å². The van der Waals surface area contributed by atoms with Crippen molar-refractivity contribution in [2.24, 2.45) is 0 Å². The Hall–Kier alpha value is 1.94. The van der Waals surface area contributed by atoms with Crippen molar-refractivity contribution in [3.63, 3.8) is 0 Å². The summed E-state index contributed by atoms with van der Waals surface area (Å²) in [4.78, 5) is 0.290. The summed E-state index contributed by atoms with van der Waals surface area (Å²) in [6.45, 7) is 19.7. The average molecular weight is 543 g/mol. The van der Waals surface area contributed by atoms with Gasteiger partial charge in [0, 0.05) is 39.6 Å². The molecule has 29 heavy (non-hydrogen) atoms. The molecule has 0 heterocycles. The number of hydrogen-bond acceptors (Lipinski definition) is 11. The van der Waals surface area contributed by atoms with Gasteiger partial charge in [-0.25, -0.2) is 0 Å². The van der Waals surface area contributed by atoms with Gasteiger partial charge >= 0.3 is 17.6 Å². The fourth-order valence-corrected chi connectivity index (χ4v) is 21.5. The fraction of sp³-hybridized carbons (Fsp3) is 1.00. The Bertz CT molecular complexity index is 335. The molecule has 0 spiro atoms. The van der Waals surface area contributed by atoms with E-state index in [1.165, 1.54) is 0 Å². The van der Waals surface area contributed by atoms with Gasteiger partial charge in [-0.1, -0.05) is 21.6 Å². The third-order valence-corrected chi connectivity index (χ3v) is 21.9. The topological polar surface area (TPSA) is 55.4 Å². The minimum absolute atomic E-state index is 0.145. The molecule has 0 fully saturated rings. The summed E-state index contributed by atoms with van der Waals surface area (Å²) in [5, 5.41) is 0. The predicted molar refractivity (Wildman–Crippen MR) is 138 cm³/mol. The largest absolute Gasteiger partial charge is 0.515 e. The van der Waals surface area contributed by atoms with E-state index in [0.29, 0.717) is 39.6 Å². The highest BCUT2D eigenvalue weighted by Gasteiger charge is 2.48. The molecular formula is C16H38O6S5Si2. The van der Waals surface area contributed by atoms with Crippen LogP contribution in [-0.4, -0.2) is 67.0 Å². The molecule has 2 unspecified atom stereocenters. The lowest BCUT2D eigenvalue weighted by Gasteiger charge is -2.33. The molecule has 0 saturated heterocycles. The van der Waals surface area contributed by atoms with Crippen LogP contribution in [0.25, 0.3) is 0 Å². The van der Waals surface area contributed by atoms with Gasteiger partial charge in [-0.3, -0.25) is 0 Å². The van der Waals surface area contributed by atoms with Gasteiger partial charge in [0.2, 0.25) is 0 Å². The van der Waals surface area contributed by atoms with Crippen molar-refractivity contribution in [1.82, 2.24) is 0 Å². The zero-order valence-corrected chi connectivity index (χ0v) is 25.0. The van der Waals surface area contributed by atoms with Crippen molar-refractivity contribution in [2.45, 2.75) is 65.1 Å². The SMILES string of the molecule is CCO[Si](OCC)(OCC)C(C)SSSSSC(C)[Si](OCC)(OCC)OCC. The minimum atomic E-state index is -2.68. The molecule has 2 atom stereocenters. The summed E-state index contributed by atoms with van der Waals surface area (Å²) in [6, 6.07) is 0. The maximum atomic E-state index is 5.99. The Morgan fingerprint density at radius 1 is 0.483 bits per heavy atom. The summed E-state index contributed by atoms with van der Waals surface area (Å²) in [7, 11) is 3.28. The van der Waals surface area contributed by atoms with Crippen LogP contribution < -0.4 is 0 Å². The van der Waals surface area contributed by atoms with E-state index in [1.807, 2.05) is 41.5 Å². The van der Waals surface area contributed by atoms with Crippen molar-refractivity contribution in [3.05, 3.63) is 0 Å². The maximum absolute atomic E-state index is 5.99. The summed E-state index contributed by atoms with van der Waals surface area (Å²) < 4.78 is 35.9. The lowest BCUT2D eigenvalue weighted by molar-refractivity contribution is 0.0701. The molecule has 13 heteroatoms. The normalized spacial score (nSPS) is 14.9. The summed E-state index contributed by atoms with van der Waals surface area (Å²) in [6.07, 6.45) is 0. The molecule has 0 aromatic heterocycles. The molecule has 0 aliphatic carbocycles. The van der Waals surface area contributed by atoms with E-state index in [4.69, 9.17) is 26.6 Å². The lowest BCUT2D eigenvalue weighted by Crippen LogP contribution is -2.54. The molecular weight excluding hydrogens is 505 g/mol. The van der Waals surface area contributed by atoms with Crippen LogP contribution >= 0.6 is 51.1 Å². The fourth-order valence-electron chi connectivity index (χ4n) is 2.44. The van der Waals surface area contributed by atoms with Gasteiger partial charge in [0.25, 0.3) is 0 Å². The minimum Gasteiger partial charge on any atom is -0.373 e. The maximum Gasteiger partial charge on any atom is 0.515 e. The van der Waals surface area contributed by atoms with Crippen LogP contribution in [0.1, 0.15) is 55.4 Å².